The standard InChI is InChI=1S/C18H27ClN2O3S/c1-13(2)14(3)20-18(22)15-8-10-21(11-9-15)25(23,24)12-16-6-4-5-7-17(16)19/h4-7,13-15H,8-12H2,1-3H3,(H,20,22)/t14-/m0/s1. The SMILES string of the molecule is CC(C)[C@H](C)NC(=O)C1CCN(S(=O)(=O)Cc2ccccc2Cl)CC1. The third kappa shape index (κ3) is 5.43. The zero-order valence-electron chi connectivity index (χ0n) is 15.0. The van der Waals surface area contributed by atoms with Gasteiger partial charge in [-0.05, 0) is 37.3 Å². The molecule has 1 atom stereocenters. The Bertz CT molecular complexity index is 698. The van der Waals surface area contributed by atoms with Crippen LogP contribution in [0.5, 0.6) is 0 Å². The Hall–Kier alpha value is -1.11. The van der Waals surface area contributed by atoms with Gasteiger partial charge in [0.2, 0.25) is 15.9 Å². The summed E-state index contributed by atoms with van der Waals surface area (Å²) in [7, 11) is -3.43. The monoisotopic (exact) mass is 386 g/mol. The molecule has 0 unspecified atom stereocenters. The zero-order valence-corrected chi connectivity index (χ0v) is 16.6. The van der Waals surface area contributed by atoms with Crippen LogP contribution in [0.4, 0.5) is 0 Å². The molecule has 2 rings (SSSR count). The molecule has 1 aliphatic heterocycles. The molecule has 1 fully saturated rings. The minimum absolute atomic E-state index is 0.0318. The normalized spacial score (nSPS) is 18.3. The van der Waals surface area contributed by atoms with Crippen LogP contribution in [0.2, 0.25) is 5.02 Å². The van der Waals surface area contributed by atoms with Gasteiger partial charge >= 0.3 is 0 Å². The molecule has 0 aromatic heterocycles. The van der Waals surface area contributed by atoms with Crippen molar-refractivity contribution in [2.45, 2.75) is 45.4 Å². The molecule has 5 nitrogen and oxygen atoms in total. The maximum atomic E-state index is 12.6. The molecule has 140 valence electrons. The number of hydrogen-bond acceptors (Lipinski definition) is 3. The number of carbonyl (C=O) groups excluding carboxylic acids is 1. The second kappa shape index (κ2) is 8.52. The number of benzene rings is 1. The Morgan fingerprint density at radius 1 is 1.24 bits per heavy atom. The van der Waals surface area contributed by atoms with Crippen molar-refractivity contribution in [3.05, 3.63) is 34.9 Å². The quantitative estimate of drug-likeness (QED) is 0.817. The van der Waals surface area contributed by atoms with Crippen LogP contribution in [0, 0.1) is 11.8 Å². The number of sulfonamides is 1. The van der Waals surface area contributed by atoms with Crippen LogP contribution in [0.25, 0.3) is 0 Å². The fourth-order valence-electron chi connectivity index (χ4n) is 2.81. The minimum atomic E-state index is -3.43. The molecule has 0 saturated carbocycles. The van der Waals surface area contributed by atoms with Gasteiger partial charge in [0.15, 0.2) is 0 Å². The zero-order chi connectivity index (χ0) is 18.6. The fraction of sp³-hybridized carbons (Fsp3) is 0.611. The number of carbonyl (C=O) groups is 1. The predicted octanol–water partition coefficient (Wildman–Crippen LogP) is 3.04. The summed E-state index contributed by atoms with van der Waals surface area (Å²) in [6.45, 7) is 6.87. The Morgan fingerprint density at radius 3 is 2.40 bits per heavy atom. The molecule has 1 N–H and O–H groups in total. The van der Waals surface area contributed by atoms with Gasteiger partial charge in [-0.25, -0.2) is 12.7 Å². The van der Waals surface area contributed by atoms with Crippen LogP contribution >= 0.6 is 11.6 Å². The van der Waals surface area contributed by atoms with Gasteiger partial charge in [-0.2, -0.15) is 0 Å². The van der Waals surface area contributed by atoms with Gasteiger partial charge in [0.05, 0.1) is 5.75 Å². The van der Waals surface area contributed by atoms with Crippen molar-refractivity contribution >= 4 is 27.5 Å². The average molecular weight is 387 g/mol. The lowest BCUT2D eigenvalue weighted by atomic mass is 9.96. The van der Waals surface area contributed by atoms with Crippen LogP contribution < -0.4 is 5.32 Å². The number of amides is 1. The molecule has 1 aliphatic rings. The number of nitrogens with zero attached hydrogens (tertiary/aromatic N) is 1. The van der Waals surface area contributed by atoms with Crippen LogP contribution in [-0.4, -0.2) is 37.8 Å². The lowest BCUT2D eigenvalue weighted by Gasteiger charge is -2.31. The van der Waals surface area contributed by atoms with E-state index in [1.165, 1.54) is 4.31 Å². The van der Waals surface area contributed by atoms with E-state index in [0.717, 1.165) is 0 Å². The Labute approximate surface area is 155 Å². The molecular weight excluding hydrogens is 360 g/mol. The molecular formula is C18H27ClN2O3S. The third-order valence-corrected chi connectivity index (χ3v) is 7.08. The van der Waals surface area contributed by atoms with Crippen LogP contribution in [0.1, 0.15) is 39.2 Å². The first-order valence-corrected chi connectivity index (χ1v) is 10.7. The van der Waals surface area contributed by atoms with Crippen molar-refractivity contribution in [2.75, 3.05) is 13.1 Å². The van der Waals surface area contributed by atoms with E-state index in [1.807, 2.05) is 6.92 Å². The fourth-order valence-corrected chi connectivity index (χ4v) is 4.68. The van der Waals surface area contributed by atoms with Gasteiger partial charge in [-0.15, -0.1) is 0 Å². The lowest BCUT2D eigenvalue weighted by Crippen LogP contribution is -2.46. The topological polar surface area (TPSA) is 66.5 Å². The molecule has 1 saturated heterocycles. The van der Waals surface area contributed by atoms with Crippen molar-refractivity contribution < 1.29 is 13.2 Å². The van der Waals surface area contributed by atoms with Gasteiger partial charge in [-0.3, -0.25) is 4.79 Å². The number of nitrogens with one attached hydrogen (secondary N) is 1. The van der Waals surface area contributed by atoms with Gasteiger partial charge in [0.25, 0.3) is 0 Å². The average Bonchev–Trinajstić information content (AvgIpc) is 2.56. The van der Waals surface area contributed by atoms with E-state index in [1.54, 1.807) is 24.3 Å². The first-order valence-electron chi connectivity index (χ1n) is 8.72. The molecule has 1 heterocycles. The molecule has 1 amide bonds. The predicted molar refractivity (Wildman–Crippen MR) is 101 cm³/mol. The number of piperidine rings is 1. The van der Waals surface area contributed by atoms with Crippen molar-refractivity contribution in [2.24, 2.45) is 11.8 Å². The van der Waals surface area contributed by atoms with E-state index in [4.69, 9.17) is 11.6 Å². The second-order valence-corrected chi connectivity index (χ2v) is 9.44. The largest absolute Gasteiger partial charge is 0.353 e. The molecule has 1 aromatic rings. The summed E-state index contributed by atoms with van der Waals surface area (Å²) in [5.74, 6) is 0.186. The summed E-state index contributed by atoms with van der Waals surface area (Å²) in [6, 6.07) is 7.10. The number of hydrogen-bond donors (Lipinski definition) is 1. The molecule has 25 heavy (non-hydrogen) atoms. The van der Waals surface area contributed by atoms with Crippen molar-refractivity contribution in [1.29, 1.82) is 0 Å². The second-order valence-electron chi connectivity index (χ2n) is 7.06. The van der Waals surface area contributed by atoms with Gasteiger partial charge in [-0.1, -0.05) is 43.6 Å². The molecule has 1 aromatic carbocycles. The molecule has 7 heteroatoms. The summed E-state index contributed by atoms with van der Waals surface area (Å²) in [5, 5.41) is 3.49. The highest BCUT2D eigenvalue weighted by molar-refractivity contribution is 7.88. The Kier molecular flexibility index (Phi) is 6.88. The van der Waals surface area contributed by atoms with Crippen LogP contribution in [0.15, 0.2) is 24.3 Å². The highest BCUT2D eigenvalue weighted by Gasteiger charge is 2.32. The summed E-state index contributed by atoms with van der Waals surface area (Å²) in [5.41, 5.74) is 0.606. The van der Waals surface area contributed by atoms with E-state index in [0.29, 0.717) is 42.4 Å². The number of rotatable bonds is 6. The van der Waals surface area contributed by atoms with E-state index in [2.05, 4.69) is 19.2 Å². The van der Waals surface area contributed by atoms with Crippen molar-refractivity contribution in [3.8, 4) is 0 Å². The number of halogens is 1. The lowest BCUT2D eigenvalue weighted by molar-refractivity contribution is -0.127. The Balaban J connectivity index is 1.92. The maximum absolute atomic E-state index is 12.6. The molecule has 0 radical (unpaired) electrons. The van der Waals surface area contributed by atoms with Crippen LogP contribution in [0.3, 0.4) is 0 Å². The van der Waals surface area contributed by atoms with E-state index < -0.39 is 10.0 Å². The smallest absolute Gasteiger partial charge is 0.223 e. The molecule has 0 spiro atoms. The highest BCUT2D eigenvalue weighted by atomic mass is 35.5. The summed E-state index contributed by atoms with van der Waals surface area (Å²) < 4.78 is 26.7. The third-order valence-electron chi connectivity index (χ3n) is 4.88. The molecule has 0 aliphatic carbocycles. The summed E-state index contributed by atoms with van der Waals surface area (Å²) in [6.07, 6.45) is 1.11. The van der Waals surface area contributed by atoms with Gasteiger partial charge in [0.1, 0.15) is 0 Å². The molecule has 0 bridgehead atoms. The van der Waals surface area contributed by atoms with E-state index in [-0.39, 0.29) is 23.6 Å². The maximum Gasteiger partial charge on any atom is 0.223 e. The van der Waals surface area contributed by atoms with Crippen molar-refractivity contribution in [1.82, 2.24) is 9.62 Å². The van der Waals surface area contributed by atoms with Crippen LogP contribution in [-0.2, 0) is 20.6 Å². The summed E-state index contributed by atoms with van der Waals surface area (Å²) >= 11 is 6.07. The minimum Gasteiger partial charge on any atom is -0.353 e. The summed E-state index contributed by atoms with van der Waals surface area (Å²) in [4.78, 5) is 12.3. The Morgan fingerprint density at radius 2 is 1.84 bits per heavy atom. The van der Waals surface area contributed by atoms with Gasteiger partial charge < -0.3 is 5.32 Å². The highest BCUT2D eigenvalue weighted by Crippen LogP contribution is 2.24. The van der Waals surface area contributed by atoms with Crippen molar-refractivity contribution in [3.63, 3.8) is 0 Å². The first-order chi connectivity index (χ1) is 11.7. The van der Waals surface area contributed by atoms with E-state index in [9.17, 15) is 13.2 Å². The van der Waals surface area contributed by atoms with E-state index >= 15 is 0 Å². The van der Waals surface area contributed by atoms with Gasteiger partial charge in [0, 0.05) is 30.1 Å². The first kappa shape index (κ1) is 20.2.